The standard InChI is InChI=1S/C21H22F4N2O3S/c22-15-6-7-18(17(14-15)21(23,24)25)31(29,30)26-11-8-20(9-12-26)10-13-27(19(20)28)16-4-2-1-3-5-16/h1-2,5-7,14H,3-4,8-13H2. The topological polar surface area (TPSA) is 57.7 Å². The van der Waals surface area contributed by atoms with Crippen molar-refractivity contribution in [3.05, 3.63) is 53.5 Å². The Morgan fingerprint density at radius 1 is 1.00 bits per heavy atom. The molecule has 2 aliphatic heterocycles. The normalized spacial score (nSPS) is 22.3. The van der Waals surface area contributed by atoms with Gasteiger partial charge in [-0.3, -0.25) is 4.79 Å². The van der Waals surface area contributed by atoms with Crippen LogP contribution in [-0.2, 0) is 21.0 Å². The number of halogens is 4. The summed E-state index contributed by atoms with van der Waals surface area (Å²) >= 11 is 0. The van der Waals surface area contributed by atoms with Crippen LogP contribution in [0.5, 0.6) is 0 Å². The third-order valence-corrected chi connectivity index (χ3v) is 8.34. The molecule has 2 heterocycles. The van der Waals surface area contributed by atoms with E-state index in [-0.39, 0.29) is 37.9 Å². The SMILES string of the molecule is O=C1N(C2=CCC=CC2)CCC12CCN(S(=O)(=O)c1ccc(F)cc1C(F)(F)F)CC2. The molecule has 1 amide bonds. The van der Waals surface area contributed by atoms with Gasteiger partial charge in [-0.1, -0.05) is 18.2 Å². The smallest absolute Gasteiger partial charge is 0.316 e. The molecule has 4 rings (SSSR count). The Bertz CT molecular complexity index is 1050. The fourth-order valence-corrected chi connectivity index (χ4v) is 6.24. The van der Waals surface area contributed by atoms with Gasteiger partial charge in [0.05, 0.1) is 15.9 Å². The molecule has 1 aliphatic carbocycles. The maximum Gasteiger partial charge on any atom is 0.417 e. The molecule has 1 spiro atoms. The van der Waals surface area contributed by atoms with Gasteiger partial charge < -0.3 is 4.90 Å². The second-order valence-electron chi connectivity index (χ2n) is 8.14. The van der Waals surface area contributed by atoms with Gasteiger partial charge in [-0.15, -0.1) is 0 Å². The summed E-state index contributed by atoms with van der Waals surface area (Å²) in [5, 5.41) is 0. The molecule has 168 valence electrons. The minimum atomic E-state index is -5.01. The predicted molar refractivity (Wildman–Crippen MR) is 105 cm³/mol. The number of piperidine rings is 1. The lowest BCUT2D eigenvalue weighted by atomic mass is 9.77. The predicted octanol–water partition coefficient (Wildman–Crippen LogP) is 4.08. The first-order valence-electron chi connectivity index (χ1n) is 10.1. The molecule has 0 unspecified atom stereocenters. The molecule has 5 nitrogen and oxygen atoms in total. The van der Waals surface area contributed by atoms with Crippen molar-refractivity contribution >= 4 is 15.9 Å². The van der Waals surface area contributed by atoms with E-state index in [2.05, 4.69) is 0 Å². The lowest BCUT2D eigenvalue weighted by molar-refractivity contribution is -0.140. The molecule has 0 saturated carbocycles. The van der Waals surface area contributed by atoms with E-state index in [1.165, 1.54) is 0 Å². The summed E-state index contributed by atoms with van der Waals surface area (Å²) in [5.74, 6) is -1.20. The number of hydrogen-bond donors (Lipinski definition) is 0. The van der Waals surface area contributed by atoms with Crippen molar-refractivity contribution in [1.29, 1.82) is 0 Å². The number of carbonyl (C=O) groups is 1. The van der Waals surface area contributed by atoms with Gasteiger partial charge >= 0.3 is 6.18 Å². The lowest BCUT2D eigenvalue weighted by Crippen LogP contribution is -2.46. The molecule has 1 aromatic rings. The number of likely N-dealkylation sites (tertiary alicyclic amines) is 1. The zero-order chi connectivity index (χ0) is 22.4. The fourth-order valence-electron chi connectivity index (χ4n) is 4.61. The van der Waals surface area contributed by atoms with Crippen LogP contribution < -0.4 is 0 Å². The molecule has 10 heteroatoms. The van der Waals surface area contributed by atoms with Crippen LogP contribution in [0.25, 0.3) is 0 Å². The van der Waals surface area contributed by atoms with Crippen molar-refractivity contribution in [3.8, 4) is 0 Å². The van der Waals surface area contributed by atoms with Crippen LogP contribution in [0, 0.1) is 11.2 Å². The number of benzene rings is 1. The lowest BCUT2D eigenvalue weighted by Gasteiger charge is -2.37. The van der Waals surface area contributed by atoms with Crippen molar-refractivity contribution in [2.75, 3.05) is 19.6 Å². The first kappa shape index (κ1) is 22.0. The van der Waals surface area contributed by atoms with Gasteiger partial charge in [0.1, 0.15) is 5.82 Å². The van der Waals surface area contributed by atoms with Gasteiger partial charge in [0.2, 0.25) is 15.9 Å². The molecule has 0 bridgehead atoms. The van der Waals surface area contributed by atoms with E-state index >= 15 is 0 Å². The average Bonchev–Trinajstić information content (AvgIpc) is 3.04. The average molecular weight is 458 g/mol. The first-order chi connectivity index (χ1) is 14.5. The Hall–Kier alpha value is -2.20. The molecule has 0 N–H and O–H groups in total. The maximum atomic E-state index is 13.4. The number of carbonyl (C=O) groups excluding carboxylic acids is 1. The molecular weight excluding hydrogens is 436 g/mol. The Labute approximate surface area is 178 Å². The van der Waals surface area contributed by atoms with Crippen molar-refractivity contribution in [2.45, 2.75) is 43.2 Å². The van der Waals surface area contributed by atoms with Gasteiger partial charge in [-0.25, -0.2) is 12.8 Å². The van der Waals surface area contributed by atoms with Gasteiger partial charge in [-0.2, -0.15) is 17.5 Å². The number of sulfonamides is 1. The monoisotopic (exact) mass is 458 g/mol. The van der Waals surface area contributed by atoms with E-state index in [9.17, 15) is 30.8 Å². The Morgan fingerprint density at radius 2 is 1.68 bits per heavy atom. The summed E-state index contributed by atoms with van der Waals surface area (Å²) in [6, 6.07) is 1.56. The highest BCUT2D eigenvalue weighted by atomic mass is 32.2. The van der Waals surface area contributed by atoms with E-state index in [1.54, 1.807) is 4.90 Å². The molecular formula is C21H22F4N2O3S. The Morgan fingerprint density at radius 3 is 2.29 bits per heavy atom. The molecule has 2 fully saturated rings. The third kappa shape index (κ3) is 3.91. The highest BCUT2D eigenvalue weighted by Gasteiger charge is 2.50. The van der Waals surface area contributed by atoms with Crippen molar-refractivity contribution < 1.29 is 30.8 Å². The number of nitrogens with zero attached hydrogens (tertiary/aromatic N) is 2. The molecule has 0 aromatic heterocycles. The number of hydrogen-bond acceptors (Lipinski definition) is 3. The van der Waals surface area contributed by atoms with Crippen molar-refractivity contribution in [1.82, 2.24) is 9.21 Å². The first-order valence-corrected chi connectivity index (χ1v) is 11.5. The minimum Gasteiger partial charge on any atom is -0.316 e. The van der Waals surface area contributed by atoms with E-state index in [0.717, 1.165) is 16.4 Å². The van der Waals surface area contributed by atoms with E-state index in [1.807, 2.05) is 18.2 Å². The second kappa shape index (κ2) is 7.74. The van der Waals surface area contributed by atoms with Gasteiger partial charge in [0, 0.05) is 31.8 Å². The molecule has 2 saturated heterocycles. The molecule has 1 aromatic carbocycles. The zero-order valence-electron chi connectivity index (χ0n) is 16.7. The Kier molecular flexibility index (Phi) is 5.49. The van der Waals surface area contributed by atoms with Crippen LogP contribution in [0.2, 0.25) is 0 Å². The fraction of sp³-hybridized carbons (Fsp3) is 0.476. The van der Waals surface area contributed by atoms with Gasteiger partial charge in [-0.05, 0) is 43.9 Å². The summed E-state index contributed by atoms with van der Waals surface area (Å²) in [6.07, 6.45) is 3.53. The van der Waals surface area contributed by atoms with Crippen molar-refractivity contribution in [2.24, 2.45) is 5.41 Å². The number of allylic oxidation sites excluding steroid dienone is 3. The summed E-state index contributed by atoms with van der Waals surface area (Å²) in [4.78, 5) is 13.9. The van der Waals surface area contributed by atoms with Crippen LogP contribution in [0.3, 0.4) is 0 Å². The highest BCUT2D eigenvalue weighted by molar-refractivity contribution is 7.89. The van der Waals surface area contributed by atoms with Crippen molar-refractivity contribution in [3.63, 3.8) is 0 Å². The van der Waals surface area contributed by atoms with E-state index < -0.39 is 37.9 Å². The van der Waals surface area contributed by atoms with Crippen LogP contribution >= 0.6 is 0 Å². The number of amides is 1. The van der Waals surface area contributed by atoms with Gasteiger partial charge in [0.25, 0.3) is 0 Å². The van der Waals surface area contributed by atoms with Gasteiger partial charge in [0.15, 0.2) is 0 Å². The zero-order valence-corrected chi connectivity index (χ0v) is 17.5. The quantitative estimate of drug-likeness (QED) is 0.507. The molecule has 0 atom stereocenters. The van der Waals surface area contributed by atoms with Crippen LogP contribution in [0.4, 0.5) is 17.6 Å². The minimum absolute atomic E-state index is 0.0381. The van der Waals surface area contributed by atoms with E-state index in [0.29, 0.717) is 31.5 Å². The summed E-state index contributed by atoms with van der Waals surface area (Å²) in [6.45, 7) is 0.437. The molecule has 31 heavy (non-hydrogen) atoms. The molecule has 3 aliphatic rings. The Balaban J connectivity index is 1.53. The summed E-state index contributed by atoms with van der Waals surface area (Å²) < 4.78 is 80.2. The largest absolute Gasteiger partial charge is 0.417 e. The van der Waals surface area contributed by atoms with Crippen LogP contribution in [-0.4, -0.2) is 43.2 Å². The molecule has 0 radical (unpaired) electrons. The van der Waals surface area contributed by atoms with E-state index in [4.69, 9.17) is 0 Å². The highest BCUT2D eigenvalue weighted by Crippen LogP contribution is 2.45. The van der Waals surface area contributed by atoms with Crippen LogP contribution in [0.1, 0.15) is 37.7 Å². The number of alkyl halides is 3. The second-order valence-corrected chi connectivity index (χ2v) is 10.0. The van der Waals surface area contributed by atoms with Crippen LogP contribution in [0.15, 0.2) is 47.0 Å². The summed E-state index contributed by atoms with van der Waals surface area (Å²) in [7, 11) is -4.49. The third-order valence-electron chi connectivity index (χ3n) is 6.39. The maximum absolute atomic E-state index is 13.4. The number of rotatable bonds is 3. The summed E-state index contributed by atoms with van der Waals surface area (Å²) in [5.41, 5.74) is -1.27.